The largest absolute Gasteiger partial charge is 0.470 e. The van der Waals surface area contributed by atoms with Crippen LogP contribution in [-0.4, -0.2) is 40.4 Å². The Labute approximate surface area is 186 Å². The highest BCUT2D eigenvalue weighted by Gasteiger charge is 2.35. The highest BCUT2D eigenvalue weighted by atomic mass is 35.5. The van der Waals surface area contributed by atoms with Gasteiger partial charge in [0.25, 0.3) is 0 Å². The Hall–Kier alpha value is -2.54. The summed E-state index contributed by atoms with van der Waals surface area (Å²) in [6.45, 7) is 1.69. The fourth-order valence-corrected chi connectivity index (χ4v) is 4.25. The van der Waals surface area contributed by atoms with E-state index in [9.17, 15) is 21.6 Å². The maximum atomic E-state index is 11.5. The Bertz CT molecular complexity index is 1120. The molecule has 13 heteroatoms. The van der Waals surface area contributed by atoms with Gasteiger partial charge in [0.1, 0.15) is 0 Å². The standard InChI is InChI=1S/C17H17ClN2O4S.C2H2F3NO/c18-16-12-5-6-20-8-14(13(12)7-15-17(16)24-9-23-15)10-1-3-11(4-2-10)25(19,21)22;3-2(4,5)1(6)7/h1-4,7,14,20H,5-6,8-9H2,(H2,19,21,22);(H2,6,7). The number of halogens is 4. The summed E-state index contributed by atoms with van der Waals surface area (Å²) in [5, 5.41) is 9.18. The molecule has 2 heterocycles. The van der Waals surface area contributed by atoms with Gasteiger partial charge in [-0.05, 0) is 47.9 Å². The van der Waals surface area contributed by atoms with Gasteiger partial charge in [0.15, 0.2) is 11.5 Å². The number of hydrogen-bond donors (Lipinski definition) is 3. The second kappa shape index (κ2) is 9.14. The number of nitrogens with two attached hydrogens (primary N) is 2. The molecule has 32 heavy (non-hydrogen) atoms. The first kappa shape index (κ1) is 24.1. The van der Waals surface area contributed by atoms with Crippen LogP contribution in [0.1, 0.15) is 22.6 Å². The molecule has 0 aromatic heterocycles. The van der Waals surface area contributed by atoms with Gasteiger partial charge in [0.05, 0.1) is 9.92 Å². The molecule has 0 aliphatic carbocycles. The summed E-state index contributed by atoms with van der Waals surface area (Å²) in [6.07, 6.45) is -4.07. The molecule has 174 valence electrons. The van der Waals surface area contributed by atoms with Crippen LogP contribution in [-0.2, 0) is 21.2 Å². The molecule has 2 aromatic rings. The molecule has 5 N–H and O–H groups in total. The summed E-state index contributed by atoms with van der Waals surface area (Å²) in [5.41, 5.74) is 6.90. The first-order chi connectivity index (χ1) is 14.9. The maximum Gasteiger partial charge on any atom is 0.470 e. The lowest BCUT2D eigenvalue weighted by Gasteiger charge is -2.20. The summed E-state index contributed by atoms with van der Waals surface area (Å²) in [5.74, 6) is -0.978. The van der Waals surface area contributed by atoms with Crippen molar-refractivity contribution >= 4 is 27.5 Å². The number of primary amides is 1. The van der Waals surface area contributed by atoms with Crippen LogP contribution in [0.15, 0.2) is 35.2 Å². The average molecular weight is 494 g/mol. The lowest BCUT2D eigenvalue weighted by atomic mass is 9.87. The van der Waals surface area contributed by atoms with Gasteiger partial charge in [-0.2, -0.15) is 13.2 Å². The van der Waals surface area contributed by atoms with Crippen molar-refractivity contribution in [3.8, 4) is 11.5 Å². The number of rotatable bonds is 2. The molecule has 4 rings (SSSR count). The van der Waals surface area contributed by atoms with Gasteiger partial charge >= 0.3 is 12.1 Å². The summed E-state index contributed by atoms with van der Waals surface area (Å²) in [4.78, 5) is 9.22. The topological polar surface area (TPSA) is 134 Å². The average Bonchev–Trinajstić information content (AvgIpc) is 3.07. The van der Waals surface area contributed by atoms with Crippen molar-refractivity contribution < 1.29 is 35.9 Å². The number of fused-ring (bicyclic) bond motifs is 2. The number of carbonyl (C=O) groups excluding carboxylic acids is 1. The molecule has 2 aliphatic heterocycles. The van der Waals surface area contributed by atoms with Crippen LogP contribution >= 0.6 is 11.6 Å². The van der Waals surface area contributed by atoms with Crippen LogP contribution < -0.4 is 25.7 Å². The van der Waals surface area contributed by atoms with Gasteiger partial charge in [0, 0.05) is 12.5 Å². The minimum absolute atomic E-state index is 0.0269. The number of ether oxygens (including phenoxy) is 2. The first-order valence-corrected chi connectivity index (χ1v) is 11.1. The Morgan fingerprint density at radius 2 is 1.81 bits per heavy atom. The minimum Gasteiger partial charge on any atom is -0.454 e. The van der Waals surface area contributed by atoms with Crippen molar-refractivity contribution in [3.05, 3.63) is 52.0 Å². The zero-order valence-electron chi connectivity index (χ0n) is 16.4. The summed E-state index contributed by atoms with van der Waals surface area (Å²) in [6, 6.07) is 8.63. The number of sulfonamides is 1. The lowest BCUT2D eigenvalue weighted by molar-refractivity contribution is -0.169. The van der Waals surface area contributed by atoms with E-state index in [0.29, 0.717) is 16.5 Å². The SMILES string of the molecule is NC(=O)C(F)(F)F.NS(=O)(=O)c1ccc(C2CNCCc3c2cc2c(c3Cl)OCO2)cc1. The van der Waals surface area contributed by atoms with Gasteiger partial charge in [0.2, 0.25) is 16.8 Å². The maximum absolute atomic E-state index is 11.5. The first-order valence-electron chi connectivity index (χ1n) is 9.20. The van der Waals surface area contributed by atoms with E-state index in [-0.39, 0.29) is 17.6 Å². The number of amides is 1. The van der Waals surface area contributed by atoms with E-state index < -0.39 is 22.1 Å². The van der Waals surface area contributed by atoms with Gasteiger partial charge in [-0.15, -0.1) is 0 Å². The molecular formula is C19H19ClF3N3O5S. The molecule has 1 atom stereocenters. The Morgan fingerprint density at radius 3 is 2.38 bits per heavy atom. The number of alkyl halides is 3. The van der Waals surface area contributed by atoms with Gasteiger partial charge in [-0.3, -0.25) is 4.79 Å². The third-order valence-electron chi connectivity index (χ3n) is 4.91. The van der Waals surface area contributed by atoms with E-state index >= 15 is 0 Å². The molecule has 0 radical (unpaired) electrons. The number of hydrogen-bond acceptors (Lipinski definition) is 6. The number of benzene rings is 2. The molecule has 0 spiro atoms. The zero-order valence-corrected chi connectivity index (χ0v) is 18.0. The molecule has 1 unspecified atom stereocenters. The number of primary sulfonamides is 1. The van der Waals surface area contributed by atoms with Crippen molar-refractivity contribution in [2.75, 3.05) is 19.9 Å². The molecule has 0 saturated heterocycles. The molecule has 2 aromatic carbocycles. The van der Waals surface area contributed by atoms with Crippen molar-refractivity contribution in [1.82, 2.24) is 5.32 Å². The van der Waals surface area contributed by atoms with E-state index in [1.165, 1.54) is 12.1 Å². The van der Waals surface area contributed by atoms with E-state index in [1.807, 2.05) is 6.07 Å². The quantitative estimate of drug-likeness (QED) is 0.586. The highest BCUT2D eigenvalue weighted by Crippen LogP contribution is 2.46. The van der Waals surface area contributed by atoms with E-state index in [2.05, 4.69) is 11.1 Å². The fraction of sp³-hybridized carbons (Fsp3) is 0.316. The van der Waals surface area contributed by atoms with E-state index in [1.54, 1.807) is 12.1 Å². The van der Waals surface area contributed by atoms with Crippen LogP contribution in [0.25, 0.3) is 0 Å². The van der Waals surface area contributed by atoms with Gasteiger partial charge < -0.3 is 20.5 Å². The molecular weight excluding hydrogens is 475 g/mol. The summed E-state index contributed by atoms with van der Waals surface area (Å²) in [7, 11) is -3.71. The van der Waals surface area contributed by atoms with Crippen LogP contribution in [0, 0.1) is 0 Å². The van der Waals surface area contributed by atoms with Crippen molar-refractivity contribution in [1.29, 1.82) is 0 Å². The second-order valence-corrected chi connectivity index (χ2v) is 8.91. The van der Waals surface area contributed by atoms with Gasteiger partial charge in [-0.25, -0.2) is 13.6 Å². The Kier molecular flexibility index (Phi) is 6.89. The molecule has 8 nitrogen and oxygen atoms in total. The normalized spacial score (nSPS) is 17.6. The van der Waals surface area contributed by atoms with Crippen LogP contribution in [0.4, 0.5) is 13.2 Å². The van der Waals surface area contributed by atoms with Crippen LogP contribution in [0.2, 0.25) is 5.02 Å². The molecule has 1 amide bonds. The number of nitrogens with one attached hydrogen (secondary N) is 1. The summed E-state index contributed by atoms with van der Waals surface area (Å²) >= 11 is 6.55. The van der Waals surface area contributed by atoms with E-state index in [0.717, 1.165) is 36.2 Å². The third-order valence-corrected chi connectivity index (χ3v) is 6.24. The Morgan fingerprint density at radius 1 is 1.19 bits per heavy atom. The fourth-order valence-electron chi connectivity index (χ4n) is 3.38. The van der Waals surface area contributed by atoms with Crippen molar-refractivity contribution in [3.63, 3.8) is 0 Å². The Balaban J connectivity index is 0.000000360. The monoisotopic (exact) mass is 493 g/mol. The van der Waals surface area contributed by atoms with E-state index in [4.69, 9.17) is 31.0 Å². The number of carbonyl (C=O) groups is 1. The van der Waals surface area contributed by atoms with Crippen LogP contribution in [0.5, 0.6) is 11.5 Å². The third kappa shape index (κ3) is 5.26. The smallest absolute Gasteiger partial charge is 0.454 e. The molecule has 0 bridgehead atoms. The van der Waals surface area contributed by atoms with Crippen molar-refractivity contribution in [2.24, 2.45) is 10.9 Å². The second-order valence-electron chi connectivity index (χ2n) is 6.97. The minimum atomic E-state index is -4.86. The summed E-state index contributed by atoms with van der Waals surface area (Å²) < 4.78 is 66.0. The van der Waals surface area contributed by atoms with Crippen molar-refractivity contribution in [2.45, 2.75) is 23.4 Å². The molecule has 0 saturated carbocycles. The van der Waals surface area contributed by atoms with Crippen LogP contribution in [0.3, 0.4) is 0 Å². The molecule has 0 fully saturated rings. The predicted molar refractivity (Wildman–Crippen MR) is 109 cm³/mol. The highest BCUT2D eigenvalue weighted by molar-refractivity contribution is 7.89. The lowest BCUT2D eigenvalue weighted by Crippen LogP contribution is -2.30. The van der Waals surface area contributed by atoms with Gasteiger partial charge in [-0.1, -0.05) is 23.7 Å². The predicted octanol–water partition coefficient (Wildman–Crippen LogP) is 2.03. The molecule has 2 aliphatic rings. The zero-order chi connectivity index (χ0) is 23.7.